The SMILES string of the molecule is N[C@H]1C[C@H](c2nnc([C@@H]3CC[C@H]4CN3C(=O)N4OS(=O)(=O)O)o2)C1. The molecule has 3 fully saturated rings. The molecule has 1 aliphatic carbocycles. The van der Waals surface area contributed by atoms with Crippen molar-refractivity contribution in [1.29, 1.82) is 0 Å². The summed E-state index contributed by atoms with van der Waals surface area (Å²) in [5.41, 5.74) is 5.76. The highest BCUT2D eigenvalue weighted by atomic mass is 32.3. The lowest BCUT2D eigenvalue weighted by Crippen LogP contribution is -2.35. The first kappa shape index (κ1) is 15.7. The predicted molar refractivity (Wildman–Crippen MR) is 76.6 cm³/mol. The maximum absolute atomic E-state index is 12.3. The molecule has 2 saturated heterocycles. The largest absolute Gasteiger partial charge is 0.423 e. The molecule has 2 bridgehead atoms. The Balaban J connectivity index is 1.51. The minimum absolute atomic E-state index is 0.159. The van der Waals surface area contributed by atoms with Crippen LogP contribution in [0, 0.1) is 0 Å². The van der Waals surface area contributed by atoms with E-state index >= 15 is 0 Å². The van der Waals surface area contributed by atoms with Crippen LogP contribution in [0.4, 0.5) is 4.79 Å². The topological polar surface area (TPSA) is 152 Å². The Morgan fingerprint density at radius 3 is 2.62 bits per heavy atom. The van der Waals surface area contributed by atoms with Gasteiger partial charge in [0.05, 0.1) is 6.04 Å². The molecule has 1 aromatic rings. The quantitative estimate of drug-likeness (QED) is 0.704. The number of fused-ring (bicyclic) bond motifs is 2. The van der Waals surface area contributed by atoms with Gasteiger partial charge in [-0.3, -0.25) is 4.55 Å². The number of hydrogen-bond donors (Lipinski definition) is 2. The van der Waals surface area contributed by atoms with E-state index in [-0.39, 0.29) is 18.5 Å². The average molecular weight is 359 g/mol. The predicted octanol–water partition coefficient (Wildman–Crippen LogP) is -0.0502. The highest BCUT2D eigenvalue weighted by Gasteiger charge is 2.49. The summed E-state index contributed by atoms with van der Waals surface area (Å²) in [6.07, 6.45) is 2.63. The van der Waals surface area contributed by atoms with Crippen LogP contribution >= 0.6 is 0 Å². The van der Waals surface area contributed by atoms with Gasteiger partial charge in [-0.2, -0.15) is 13.5 Å². The van der Waals surface area contributed by atoms with E-state index in [1.807, 2.05) is 0 Å². The lowest BCUT2D eigenvalue weighted by Gasteiger charge is -2.29. The maximum atomic E-state index is 12.3. The molecule has 11 nitrogen and oxygen atoms in total. The third kappa shape index (κ3) is 2.64. The molecule has 12 heteroatoms. The Morgan fingerprint density at radius 2 is 1.96 bits per heavy atom. The average Bonchev–Trinajstić information content (AvgIpc) is 3.04. The summed E-state index contributed by atoms with van der Waals surface area (Å²) in [6.45, 7) is 0.269. The fourth-order valence-electron chi connectivity index (χ4n) is 3.50. The molecule has 4 rings (SSSR count). The second-order valence-corrected chi connectivity index (χ2v) is 7.42. The van der Waals surface area contributed by atoms with Crippen molar-refractivity contribution < 1.29 is 26.5 Å². The zero-order valence-corrected chi connectivity index (χ0v) is 13.4. The van der Waals surface area contributed by atoms with E-state index in [2.05, 4.69) is 14.5 Å². The van der Waals surface area contributed by atoms with Gasteiger partial charge < -0.3 is 15.1 Å². The van der Waals surface area contributed by atoms with Crippen LogP contribution in [-0.4, -0.2) is 57.8 Å². The molecule has 132 valence electrons. The van der Waals surface area contributed by atoms with Gasteiger partial charge >= 0.3 is 16.4 Å². The number of urea groups is 1. The molecule has 2 amide bonds. The van der Waals surface area contributed by atoms with E-state index in [9.17, 15) is 13.2 Å². The molecule has 0 unspecified atom stereocenters. The first-order valence-electron chi connectivity index (χ1n) is 7.67. The molecule has 2 aliphatic heterocycles. The smallest absolute Gasteiger partial charge is 0.418 e. The van der Waals surface area contributed by atoms with Crippen molar-refractivity contribution >= 4 is 16.4 Å². The van der Waals surface area contributed by atoms with Crippen LogP contribution < -0.4 is 5.73 Å². The number of hydrogen-bond acceptors (Lipinski definition) is 8. The van der Waals surface area contributed by atoms with Gasteiger partial charge in [-0.15, -0.1) is 14.5 Å². The summed E-state index contributed by atoms with van der Waals surface area (Å²) in [5.74, 6) is 1.00. The van der Waals surface area contributed by atoms with E-state index in [1.165, 1.54) is 4.90 Å². The molecule has 0 aromatic carbocycles. The minimum atomic E-state index is -4.75. The monoisotopic (exact) mass is 359 g/mol. The molecule has 0 radical (unpaired) electrons. The minimum Gasteiger partial charge on any atom is -0.423 e. The van der Waals surface area contributed by atoms with Gasteiger partial charge in [0, 0.05) is 18.5 Å². The van der Waals surface area contributed by atoms with E-state index in [1.54, 1.807) is 0 Å². The number of carbonyl (C=O) groups excluding carboxylic acids is 1. The molecule has 24 heavy (non-hydrogen) atoms. The second kappa shape index (κ2) is 5.37. The summed E-state index contributed by atoms with van der Waals surface area (Å²) in [6, 6.07) is -1.36. The molecule has 0 spiro atoms. The Kier molecular flexibility index (Phi) is 3.53. The number of nitrogens with zero attached hydrogens (tertiary/aromatic N) is 4. The van der Waals surface area contributed by atoms with Crippen molar-refractivity contribution in [2.75, 3.05) is 6.54 Å². The first-order chi connectivity index (χ1) is 11.3. The fraction of sp³-hybridized carbons (Fsp3) is 0.750. The normalized spacial score (nSPS) is 33.0. The molecular formula is C12H17N5O6S. The second-order valence-electron chi connectivity index (χ2n) is 6.42. The van der Waals surface area contributed by atoms with Crippen molar-refractivity contribution in [2.24, 2.45) is 5.73 Å². The van der Waals surface area contributed by atoms with Crippen molar-refractivity contribution in [3.63, 3.8) is 0 Å². The number of nitrogens with two attached hydrogens (primary N) is 1. The van der Waals surface area contributed by atoms with Crippen LogP contribution in [0.2, 0.25) is 0 Å². The van der Waals surface area contributed by atoms with Gasteiger partial charge in [0.2, 0.25) is 11.8 Å². The van der Waals surface area contributed by atoms with Gasteiger partial charge in [0.15, 0.2) is 0 Å². The molecule has 3 aliphatic rings. The van der Waals surface area contributed by atoms with Gasteiger partial charge in [-0.25, -0.2) is 4.79 Å². The van der Waals surface area contributed by atoms with Crippen molar-refractivity contribution in [3.05, 3.63) is 11.8 Å². The summed E-state index contributed by atoms with van der Waals surface area (Å²) >= 11 is 0. The Morgan fingerprint density at radius 1 is 1.25 bits per heavy atom. The lowest BCUT2D eigenvalue weighted by atomic mass is 9.81. The van der Waals surface area contributed by atoms with Crippen molar-refractivity contribution in [2.45, 2.75) is 49.7 Å². The Hall–Kier alpha value is -1.76. The third-order valence-electron chi connectivity index (χ3n) is 4.76. The van der Waals surface area contributed by atoms with Crippen molar-refractivity contribution in [3.8, 4) is 0 Å². The Labute approximate surface area is 137 Å². The molecule has 3 heterocycles. The van der Waals surface area contributed by atoms with Gasteiger partial charge in [-0.05, 0) is 25.7 Å². The number of hydroxylamine groups is 2. The number of rotatable bonds is 4. The molecule has 2 atom stereocenters. The molecular weight excluding hydrogens is 342 g/mol. The number of carbonyl (C=O) groups is 1. The summed E-state index contributed by atoms with van der Waals surface area (Å²) in [4.78, 5) is 13.8. The first-order valence-corrected chi connectivity index (χ1v) is 9.04. The number of amides is 2. The van der Waals surface area contributed by atoms with E-state index in [0.717, 1.165) is 12.8 Å². The molecule has 1 saturated carbocycles. The fourth-order valence-corrected chi connectivity index (χ4v) is 3.89. The molecule has 1 aromatic heterocycles. The van der Waals surface area contributed by atoms with E-state index < -0.39 is 28.5 Å². The van der Waals surface area contributed by atoms with Crippen LogP contribution in [0.5, 0.6) is 0 Å². The maximum Gasteiger partial charge on any atom is 0.418 e. The number of piperidine rings is 1. The third-order valence-corrected chi connectivity index (χ3v) is 5.11. The van der Waals surface area contributed by atoms with Crippen LogP contribution in [0.25, 0.3) is 0 Å². The Bertz CT molecular complexity index is 760. The highest BCUT2D eigenvalue weighted by molar-refractivity contribution is 7.80. The summed E-state index contributed by atoms with van der Waals surface area (Å²) in [5, 5.41) is 8.78. The molecule has 3 N–H and O–H groups in total. The van der Waals surface area contributed by atoms with Crippen molar-refractivity contribution in [1.82, 2.24) is 20.2 Å². The van der Waals surface area contributed by atoms with Crippen LogP contribution in [0.3, 0.4) is 0 Å². The standard InChI is InChI=1S/C12H17N5O6S/c13-7-3-6(4-7)10-14-15-11(22-10)9-2-1-8-5-16(9)12(18)17(8)23-24(19,20)21/h6-9H,1-5,13H2,(H,19,20,21)/t6-,7-,8-,9-/m0/s1. The van der Waals surface area contributed by atoms with E-state index in [0.29, 0.717) is 29.7 Å². The number of aromatic nitrogens is 2. The van der Waals surface area contributed by atoms with Crippen LogP contribution in [0.15, 0.2) is 4.42 Å². The zero-order valence-electron chi connectivity index (χ0n) is 12.6. The van der Waals surface area contributed by atoms with Gasteiger partial charge in [0.1, 0.15) is 6.04 Å². The van der Waals surface area contributed by atoms with Crippen LogP contribution in [-0.2, 0) is 14.7 Å². The summed E-state index contributed by atoms with van der Waals surface area (Å²) in [7, 11) is -4.75. The van der Waals surface area contributed by atoms with Crippen LogP contribution in [0.1, 0.15) is 49.4 Å². The van der Waals surface area contributed by atoms with Gasteiger partial charge in [-0.1, -0.05) is 0 Å². The lowest BCUT2D eigenvalue weighted by molar-refractivity contribution is -0.0317. The highest BCUT2D eigenvalue weighted by Crippen LogP contribution is 2.40. The van der Waals surface area contributed by atoms with Gasteiger partial charge in [0.25, 0.3) is 0 Å². The zero-order chi connectivity index (χ0) is 17.1. The van der Waals surface area contributed by atoms with E-state index in [4.69, 9.17) is 14.7 Å². The summed E-state index contributed by atoms with van der Waals surface area (Å²) < 4.78 is 40.7.